The van der Waals surface area contributed by atoms with Gasteiger partial charge in [0.15, 0.2) is 0 Å². The van der Waals surface area contributed by atoms with E-state index in [4.69, 9.17) is 0 Å². The molecule has 4 atom stereocenters. The summed E-state index contributed by atoms with van der Waals surface area (Å²) in [5.74, 6) is 0.720. The number of likely N-dealkylation sites (tertiary alicyclic amines) is 1. The van der Waals surface area contributed by atoms with E-state index in [0.717, 1.165) is 51.1 Å². The third-order valence-corrected chi connectivity index (χ3v) is 7.01. The fourth-order valence-corrected chi connectivity index (χ4v) is 5.25. The first kappa shape index (κ1) is 18.7. The van der Waals surface area contributed by atoms with Gasteiger partial charge in [-0.05, 0) is 45.2 Å². The number of rotatable bonds is 6. The predicted octanol–water partition coefficient (Wildman–Crippen LogP) is 2.24. The molecule has 5 nitrogen and oxygen atoms in total. The number of hydrogen-bond acceptors (Lipinski definition) is 3. The fraction of sp³-hybridized carbons (Fsp3) is 0.941. The predicted molar refractivity (Wildman–Crippen MR) is 96.1 cm³/mol. The number of urea groups is 1. The van der Waals surface area contributed by atoms with Crippen LogP contribution in [0.1, 0.15) is 58.8 Å². The zero-order valence-corrected chi connectivity index (χ0v) is 15.5. The van der Waals surface area contributed by atoms with Crippen LogP contribution in [0.5, 0.6) is 0 Å². The van der Waals surface area contributed by atoms with Crippen LogP contribution in [0.15, 0.2) is 0 Å². The molecule has 2 fully saturated rings. The summed E-state index contributed by atoms with van der Waals surface area (Å²) in [5, 5.41) is 6.41. The van der Waals surface area contributed by atoms with Gasteiger partial charge in [-0.2, -0.15) is 0 Å². The maximum absolute atomic E-state index is 12.2. The number of nitrogens with one attached hydrogen (secondary N) is 2. The Morgan fingerprint density at radius 1 is 1.17 bits per heavy atom. The molecule has 1 aliphatic heterocycles. The number of carbonyl (C=O) groups is 1. The van der Waals surface area contributed by atoms with Gasteiger partial charge in [-0.1, -0.05) is 26.7 Å². The lowest BCUT2D eigenvalue weighted by Gasteiger charge is -2.35. The highest BCUT2D eigenvalue weighted by Gasteiger charge is 2.27. The Morgan fingerprint density at radius 2 is 2.00 bits per heavy atom. The lowest BCUT2D eigenvalue weighted by atomic mass is 9.95. The van der Waals surface area contributed by atoms with Crippen molar-refractivity contribution in [3.05, 3.63) is 0 Å². The quantitative estimate of drug-likeness (QED) is 0.777. The second-order valence-corrected chi connectivity index (χ2v) is 8.79. The molecule has 2 aliphatic rings. The molecule has 0 spiro atoms. The van der Waals surface area contributed by atoms with Crippen LogP contribution >= 0.6 is 0 Å². The Morgan fingerprint density at radius 3 is 2.74 bits per heavy atom. The van der Waals surface area contributed by atoms with Crippen molar-refractivity contribution in [2.24, 2.45) is 0 Å². The first-order valence-electron chi connectivity index (χ1n) is 9.29. The summed E-state index contributed by atoms with van der Waals surface area (Å²) in [7, 11) is -0.741. The van der Waals surface area contributed by atoms with Crippen molar-refractivity contribution in [2.45, 2.75) is 76.1 Å². The van der Waals surface area contributed by atoms with Crippen molar-refractivity contribution < 1.29 is 9.00 Å². The first-order valence-corrected chi connectivity index (χ1v) is 10.7. The molecule has 1 heterocycles. The molecule has 0 aromatic carbocycles. The second kappa shape index (κ2) is 9.62. The van der Waals surface area contributed by atoms with Crippen LogP contribution in [-0.4, -0.2) is 57.9 Å². The first-order chi connectivity index (χ1) is 11.1. The van der Waals surface area contributed by atoms with E-state index in [9.17, 15) is 9.00 Å². The Balaban J connectivity index is 1.72. The smallest absolute Gasteiger partial charge is 0.315 e. The molecular weight excluding hydrogens is 310 g/mol. The van der Waals surface area contributed by atoms with Gasteiger partial charge in [0, 0.05) is 40.4 Å². The van der Waals surface area contributed by atoms with Crippen LogP contribution in [0.25, 0.3) is 0 Å². The highest BCUT2D eigenvalue weighted by Crippen LogP contribution is 2.23. The minimum absolute atomic E-state index is 0.0560. The van der Waals surface area contributed by atoms with Crippen LogP contribution in [-0.2, 0) is 10.8 Å². The number of amides is 2. The molecule has 1 aliphatic carbocycles. The molecule has 0 radical (unpaired) electrons. The van der Waals surface area contributed by atoms with Gasteiger partial charge in [0.25, 0.3) is 0 Å². The number of nitrogens with zero attached hydrogens (tertiary/aromatic N) is 1. The molecule has 1 saturated heterocycles. The summed E-state index contributed by atoms with van der Waals surface area (Å²) in [6, 6.07) is 0.601. The summed E-state index contributed by atoms with van der Waals surface area (Å²) < 4.78 is 12.0. The summed E-state index contributed by atoms with van der Waals surface area (Å²) in [6.07, 6.45) is 7.68. The lowest BCUT2D eigenvalue weighted by Crippen LogP contribution is -2.51. The van der Waals surface area contributed by atoms with Gasteiger partial charge in [-0.25, -0.2) is 4.79 Å². The third kappa shape index (κ3) is 5.75. The van der Waals surface area contributed by atoms with Crippen molar-refractivity contribution in [2.75, 3.05) is 25.4 Å². The van der Waals surface area contributed by atoms with Gasteiger partial charge < -0.3 is 10.6 Å². The molecule has 134 valence electrons. The molecule has 0 bridgehead atoms. The van der Waals surface area contributed by atoms with Crippen molar-refractivity contribution in [1.29, 1.82) is 0 Å². The molecule has 2 amide bonds. The normalized spacial score (nSPS) is 30.6. The molecule has 2 N–H and O–H groups in total. The van der Waals surface area contributed by atoms with E-state index in [2.05, 4.69) is 22.5 Å². The second-order valence-electron chi connectivity index (χ2n) is 6.79. The SMILES string of the molecule is CCN1CCCC[C@@H]1CNC(=O)N[C@@H]1CCC[C@@H]([S@@](=O)CC)C1. The zero-order valence-electron chi connectivity index (χ0n) is 14.7. The highest BCUT2D eigenvalue weighted by molar-refractivity contribution is 7.85. The van der Waals surface area contributed by atoms with Crippen molar-refractivity contribution in [3.63, 3.8) is 0 Å². The van der Waals surface area contributed by atoms with E-state index >= 15 is 0 Å². The Hall–Kier alpha value is -0.620. The minimum atomic E-state index is -0.741. The van der Waals surface area contributed by atoms with Crippen LogP contribution in [0.3, 0.4) is 0 Å². The van der Waals surface area contributed by atoms with E-state index in [-0.39, 0.29) is 17.3 Å². The monoisotopic (exact) mass is 343 g/mol. The molecule has 0 aromatic rings. The van der Waals surface area contributed by atoms with Crippen LogP contribution in [0.4, 0.5) is 4.79 Å². The van der Waals surface area contributed by atoms with Crippen LogP contribution in [0, 0.1) is 0 Å². The standard InChI is InChI=1S/C17H33N3O2S/c1-3-20-11-6-5-9-15(20)13-18-17(21)19-14-8-7-10-16(12-14)23(22)4-2/h14-16H,3-13H2,1-2H3,(H2,18,19,21)/t14-,15-,16-,23+/m1/s1. The van der Waals surface area contributed by atoms with E-state index in [1.807, 2.05) is 6.92 Å². The summed E-state index contributed by atoms with van der Waals surface area (Å²) in [5.41, 5.74) is 0. The average Bonchev–Trinajstić information content (AvgIpc) is 2.59. The number of hydrogen-bond donors (Lipinski definition) is 2. The van der Waals surface area contributed by atoms with Gasteiger partial charge in [0.05, 0.1) is 0 Å². The van der Waals surface area contributed by atoms with Crippen molar-refractivity contribution >= 4 is 16.8 Å². The van der Waals surface area contributed by atoms with Gasteiger partial charge in [0.1, 0.15) is 0 Å². The third-order valence-electron chi connectivity index (χ3n) is 5.27. The fourth-order valence-electron chi connectivity index (χ4n) is 3.90. The minimum Gasteiger partial charge on any atom is -0.337 e. The molecular formula is C17H33N3O2S. The maximum Gasteiger partial charge on any atom is 0.315 e. The summed E-state index contributed by atoms with van der Waals surface area (Å²) in [6.45, 7) is 7.10. The number of carbonyl (C=O) groups excluding carboxylic acids is 1. The van der Waals surface area contributed by atoms with E-state index < -0.39 is 10.8 Å². The Labute approximate surface area is 143 Å². The Bertz CT molecular complexity index is 405. The molecule has 1 saturated carbocycles. The summed E-state index contributed by atoms with van der Waals surface area (Å²) >= 11 is 0. The highest BCUT2D eigenvalue weighted by atomic mass is 32.2. The molecule has 23 heavy (non-hydrogen) atoms. The van der Waals surface area contributed by atoms with Crippen LogP contribution < -0.4 is 10.6 Å². The van der Waals surface area contributed by atoms with Gasteiger partial charge >= 0.3 is 6.03 Å². The average molecular weight is 344 g/mol. The topological polar surface area (TPSA) is 61.4 Å². The summed E-state index contributed by atoms with van der Waals surface area (Å²) in [4.78, 5) is 14.6. The number of piperidine rings is 1. The van der Waals surface area contributed by atoms with Gasteiger partial charge in [-0.15, -0.1) is 0 Å². The number of likely N-dealkylation sites (N-methyl/N-ethyl adjacent to an activating group) is 1. The molecule has 6 heteroatoms. The van der Waals surface area contributed by atoms with Gasteiger partial charge in [-0.3, -0.25) is 9.11 Å². The molecule has 0 unspecified atom stereocenters. The van der Waals surface area contributed by atoms with Crippen molar-refractivity contribution in [1.82, 2.24) is 15.5 Å². The lowest BCUT2D eigenvalue weighted by molar-refractivity contribution is 0.153. The van der Waals surface area contributed by atoms with Crippen LogP contribution in [0.2, 0.25) is 0 Å². The molecule has 2 rings (SSSR count). The Kier molecular flexibility index (Phi) is 7.83. The van der Waals surface area contributed by atoms with Crippen molar-refractivity contribution in [3.8, 4) is 0 Å². The van der Waals surface area contributed by atoms with E-state index in [0.29, 0.717) is 6.04 Å². The molecule has 0 aromatic heterocycles. The van der Waals surface area contributed by atoms with E-state index in [1.165, 1.54) is 19.3 Å². The zero-order chi connectivity index (χ0) is 16.7. The van der Waals surface area contributed by atoms with Gasteiger partial charge in [0.2, 0.25) is 0 Å². The van der Waals surface area contributed by atoms with E-state index in [1.54, 1.807) is 0 Å². The largest absolute Gasteiger partial charge is 0.337 e. The maximum atomic E-state index is 12.2.